The zero-order valence-corrected chi connectivity index (χ0v) is 42.3. The molecular weight excluding hydrogens is 993 g/mol. The molecule has 13 rings (SSSR count). The van der Waals surface area contributed by atoms with Crippen molar-refractivity contribution in [1.82, 2.24) is 0 Å². The van der Waals surface area contributed by atoms with E-state index in [-0.39, 0.29) is 11.1 Å². The summed E-state index contributed by atoms with van der Waals surface area (Å²) in [5, 5.41) is 0. The van der Waals surface area contributed by atoms with Gasteiger partial charge in [-0.1, -0.05) is 195 Å². The van der Waals surface area contributed by atoms with Crippen molar-refractivity contribution in [1.29, 1.82) is 0 Å². The minimum absolute atomic E-state index is 0.210. The SMILES string of the molecule is C=Cc1ccc(C2(c3cc(F)cc(F)c3F)c3ccccc3-c3ccc(N(c4cccc(-c5cccc(-c6ccccc6)c5)c4)c4ccc5c(c4)C(c4ccc(C=C)cc4)(c4cc(F)cc(F)c4F)c4ccccc4-5)cc32)cc1. The molecule has 0 aromatic heterocycles. The number of anilines is 3. The highest BCUT2D eigenvalue weighted by molar-refractivity contribution is 5.93. The third kappa shape index (κ3) is 7.63. The summed E-state index contributed by atoms with van der Waals surface area (Å²) in [6, 6.07) is 71.2. The van der Waals surface area contributed by atoms with Crippen LogP contribution in [0.15, 0.2) is 250 Å². The quantitative estimate of drug-likeness (QED) is 0.0922. The third-order valence-corrected chi connectivity index (χ3v) is 15.9. The molecule has 2 aliphatic rings. The predicted octanol–water partition coefficient (Wildman–Crippen LogP) is 19.3. The summed E-state index contributed by atoms with van der Waals surface area (Å²) < 4.78 is 97.8. The van der Waals surface area contributed by atoms with Crippen LogP contribution in [0.3, 0.4) is 0 Å². The summed E-state index contributed by atoms with van der Waals surface area (Å²) in [5.41, 5.74) is 10.1. The largest absolute Gasteiger partial charge is 0.310 e. The van der Waals surface area contributed by atoms with Crippen LogP contribution in [0.25, 0.3) is 56.7 Å². The van der Waals surface area contributed by atoms with E-state index >= 15 is 26.3 Å². The normalized spacial score (nSPS) is 15.7. The molecule has 380 valence electrons. The molecule has 0 heterocycles. The van der Waals surface area contributed by atoms with E-state index in [0.717, 1.165) is 67.8 Å². The smallest absolute Gasteiger partial charge is 0.163 e. The van der Waals surface area contributed by atoms with Crippen LogP contribution < -0.4 is 4.90 Å². The second-order valence-corrected chi connectivity index (χ2v) is 20.0. The molecule has 7 heteroatoms. The van der Waals surface area contributed by atoms with Crippen LogP contribution in [0.5, 0.6) is 0 Å². The van der Waals surface area contributed by atoms with Crippen molar-refractivity contribution < 1.29 is 26.3 Å². The number of fused-ring (bicyclic) bond motifs is 6. The summed E-state index contributed by atoms with van der Waals surface area (Å²) in [7, 11) is 0. The molecule has 0 bridgehead atoms. The molecule has 0 amide bonds. The third-order valence-electron chi connectivity index (χ3n) is 15.9. The molecule has 11 aromatic rings. The van der Waals surface area contributed by atoms with Crippen LogP contribution in [0.2, 0.25) is 0 Å². The van der Waals surface area contributed by atoms with E-state index in [4.69, 9.17) is 0 Å². The van der Waals surface area contributed by atoms with E-state index in [0.29, 0.717) is 62.6 Å². The molecule has 0 saturated carbocycles. The lowest BCUT2D eigenvalue weighted by Crippen LogP contribution is -2.31. The zero-order valence-electron chi connectivity index (χ0n) is 42.3. The average molecular weight is 1040 g/mol. The molecule has 0 spiro atoms. The highest BCUT2D eigenvalue weighted by Gasteiger charge is 2.50. The molecule has 2 aliphatic carbocycles. The van der Waals surface area contributed by atoms with Gasteiger partial charge in [0.25, 0.3) is 0 Å². The van der Waals surface area contributed by atoms with Gasteiger partial charge in [-0.25, -0.2) is 26.3 Å². The van der Waals surface area contributed by atoms with Gasteiger partial charge < -0.3 is 4.90 Å². The molecule has 79 heavy (non-hydrogen) atoms. The Hall–Kier alpha value is -9.72. The molecule has 0 fully saturated rings. The first kappa shape index (κ1) is 48.9. The van der Waals surface area contributed by atoms with Crippen LogP contribution in [0, 0.1) is 34.9 Å². The van der Waals surface area contributed by atoms with E-state index in [2.05, 4.69) is 43.5 Å². The highest BCUT2D eigenvalue weighted by Crippen LogP contribution is 2.60. The zero-order chi connectivity index (χ0) is 54.2. The Balaban J connectivity index is 1.11. The topological polar surface area (TPSA) is 3.24 Å². The van der Waals surface area contributed by atoms with Crippen molar-refractivity contribution in [3.05, 3.63) is 340 Å². The Morgan fingerprint density at radius 1 is 0.304 bits per heavy atom. The number of hydrogen-bond acceptors (Lipinski definition) is 1. The standard InChI is InChI=1S/C72H45F6N/c1-3-44-24-28-50(29-25-44)71(65-38-52(73)40-67(75)69(65)77)61-22-10-8-20-57(61)59-34-32-55(42-63(59)71)79(54-19-13-18-49(37-54)48-17-12-16-47(36-48)46-14-6-5-7-15-46)56-33-35-60-58-21-9-11-23-62(58)72(64(60)43-56,51-30-26-45(4-2)27-31-51)66-39-53(74)41-68(76)70(66)78/h3-43H,1-2H2. The van der Waals surface area contributed by atoms with Gasteiger partial charge in [-0.2, -0.15) is 0 Å². The van der Waals surface area contributed by atoms with Crippen LogP contribution in [0.4, 0.5) is 43.4 Å². The molecule has 0 radical (unpaired) electrons. The van der Waals surface area contributed by atoms with Gasteiger partial charge in [-0.3, -0.25) is 0 Å². The van der Waals surface area contributed by atoms with Gasteiger partial charge in [-0.15, -0.1) is 0 Å². The van der Waals surface area contributed by atoms with Crippen LogP contribution in [-0.2, 0) is 10.8 Å². The maximum atomic E-state index is 17.1. The van der Waals surface area contributed by atoms with E-state index in [9.17, 15) is 0 Å². The molecule has 0 saturated heterocycles. The minimum Gasteiger partial charge on any atom is -0.310 e. The first-order valence-corrected chi connectivity index (χ1v) is 25.8. The summed E-state index contributed by atoms with van der Waals surface area (Å²) in [5.74, 6) is -6.92. The van der Waals surface area contributed by atoms with Crippen LogP contribution >= 0.6 is 0 Å². The second kappa shape index (κ2) is 19.1. The number of halogens is 6. The monoisotopic (exact) mass is 1040 g/mol. The number of rotatable bonds is 11. The fourth-order valence-corrected chi connectivity index (χ4v) is 12.5. The van der Waals surface area contributed by atoms with Crippen molar-refractivity contribution in [2.24, 2.45) is 0 Å². The lowest BCUT2D eigenvalue weighted by molar-refractivity contribution is 0.474. The molecule has 1 nitrogen and oxygen atoms in total. The maximum Gasteiger partial charge on any atom is 0.163 e. The summed E-state index contributed by atoms with van der Waals surface area (Å²) in [6.07, 6.45) is 3.38. The van der Waals surface area contributed by atoms with Gasteiger partial charge >= 0.3 is 0 Å². The molecule has 0 aliphatic heterocycles. The first-order chi connectivity index (χ1) is 38.5. The Kier molecular flexibility index (Phi) is 11.8. The fraction of sp³-hybridized carbons (Fsp3) is 0.0278. The van der Waals surface area contributed by atoms with Gasteiger partial charge in [-0.05, 0) is 144 Å². The van der Waals surface area contributed by atoms with Crippen molar-refractivity contribution in [2.45, 2.75) is 10.8 Å². The fourth-order valence-electron chi connectivity index (χ4n) is 12.5. The number of hydrogen-bond donors (Lipinski definition) is 0. The van der Waals surface area contributed by atoms with E-state index in [1.54, 1.807) is 12.2 Å². The van der Waals surface area contributed by atoms with Gasteiger partial charge in [0.2, 0.25) is 0 Å². The number of benzene rings is 11. The van der Waals surface area contributed by atoms with Crippen molar-refractivity contribution >= 4 is 29.2 Å². The van der Waals surface area contributed by atoms with E-state index in [1.807, 2.05) is 187 Å². The first-order valence-electron chi connectivity index (χ1n) is 25.8. The van der Waals surface area contributed by atoms with Crippen molar-refractivity contribution in [2.75, 3.05) is 4.90 Å². The van der Waals surface area contributed by atoms with Gasteiger partial charge in [0.15, 0.2) is 23.3 Å². The Morgan fingerprint density at radius 3 is 1.18 bits per heavy atom. The Labute approximate surface area is 454 Å². The van der Waals surface area contributed by atoms with Crippen LogP contribution in [0.1, 0.15) is 55.6 Å². The van der Waals surface area contributed by atoms with E-state index < -0.39 is 45.7 Å². The molecule has 2 atom stereocenters. The minimum atomic E-state index is -1.61. The van der Waals surface area contributed by atoms with E-state index in [1.165, 1.54) is 0 Å². The van der Waals surface area contributed by atoms with Crippen molar-refractivity contribution in [3.63, 3.8) is 0 Å². The maximum absolute atomic E-state index is 17.1. The molecule has 2 unspecified atom stereocenters. The van der Waals surface area contributed by atoms with Gasteiger partial charge in [0.05, 0.1) is 10.8 Å². The second-order valence-electron chi connectivity index (χ2n) is 20.0. The van der Waals surface area contributed by atoms with Gasteiger partial charge in [0, 0.05) is 40.3 Å². The lowest BCUT2D eigenvalue weighted by Gasteiger charge is -2.36. The van der Waals surface area contributed by atoms with Gasteiger partial charge in [0.1, 0.15) is 11.6 Å². The van der Waals surface area contributed by atoms with Crippen molar-refractivity contribution in [3.8, 4) is 44.5 Å². The molecule has 11 aromatic carbocycles. The summed E-state index contributed by atoms with van der Waals surface area (Å²) in [4.78, 5) is 2.04. The van der Waals surface area contributed by atoms with Crippen LogP contribution in [-0.4, -0.2) is 0 Å². The molecular formula is C72H45F6N. The number of nitrogens with zero attached hydrogens (tertiary/aromatic N) is 1. The molecule has 0 N–H and O–H groups in total. The summed E-state index contributed by atoms with van der Waals surface area (Å²) >= 11 is 0. The Bertz CT molecular complexity index is 4050. The highest BCUT2D eigenvalue weighted by atomic mass is 19.2. The average Bonchev–Trinajstić information content (AvgIpc) is 3.36. The summed E-state index contributed by atoms with van der Waals surface area (Å²) in [6.45, 7) is 7.90. The predicted molar refractivity (Wildman–Crippen MR) is 307 cm³/mol. The lowest BCUT2D eigenvalue weighted by atomic mass is 9.67. The Morgan fingerprint density at radius 2 is 0.696 bits per heavy atom.